The van der Waals surface area contributed by atoms with Gasteiger partial charge in [-0.15, -0.1) is 0 Å². The summed E-state index contributed by atoms with van der Waals surface area (Å²) in [5.41, 5.74) is 0. The first-order valence-corrected chi connectivity index (χ1v) is 9.91. The van der Waals surface area contributed by atoms with Crippen molar-refractivity contribution < 1.29 is 4.74 Å². The van der Waals surface area contributed by atoms with Crippen LogP contribution in [0.3, 0.4) is 0 Å². The van der Waals surface area contributed by atoms with Crippen LogP contribution in [-0.4, -0.2) is 13.2 Å². The number of unbranched alkanes of at least 4 members (excludes halogenated alkanes) is 11. The van der Waals surface area contributed by atoms with Crippen LogP contribution in [-0.2, 0) is 4.74 Å². The SMILES string of the molecule is CCCCCCCCCCCC.CCCCOCCCC. The molecule has 0 heterocycles. The van der Waals surface area contributed by atoms with Gasteiger partial charge in [0, 0.05) is 13.2 Å². The summed E-state index contributed by atoms with van der Waals surface area (Å²) >= 11 is 0. The van der Waals surface area contributed by atoms with E-state index in [1.165, 1.54) is 89.9 Å². The summed E-state index contributed by atoms with van der Waals surface area (Å²) < 4.78 is 5.31. The normalized spacial score (nSPS) is 10.3. The molecule has 130 valence electrons. The van der Waals surface area contributed by atoms with Crippen molar-refractivity contribution in [1.82, 2.24) is 0 Å². The van der Waals surface area contributed by atoms with Gasteiger partial charge in [-0.2, -0.15) is 0 Å². The number of ether oxygens (including phenoxy) is 1. The lowest BCUT2D eigenvalue weighted by Gasteiger charge is -1.99. The zero-order chi connectivity index (χ0) is 16.0. The lowest BCUT2D eigenvalue weighted by Crippen LogP contribution is -1.95. The smallest absolute Gasteiger partial charge is 0.0465 e. The van der Waals surface area contributed by atoms with E-state index in [1.807, 2.05) is 0 Å². The molecule has 0 bridgehead atoms. The molecular formula is C20H44O. The first-order valence-electron chi connectivity index (χ1n) is 9.91. The zero-order valence-electron chi connectivity index (χ0n) is 15.7. The van der Waals surface area contributed by atoms with Gasteiger partial charge in [0.05, 0.1) is 0 Å². The summed E-state index contributed by atoms with van der Waals surface area (Å²) in [7, 11) is 0. The van der Waals surface area contributed by atoms with Crippen LogP contribution in [0.1, 0.15) is 118 Å². The van der Waals surface area contributed by atoms with Crippen LogP contribution in [0.4, 0.5) is 0 Å². The fourth-order valence-corrected chi connectivity index (χ4v) is 2.16. The molecule has 0 aliphatic heterocycles. The molecule has 1 nitrogen and oxygen atoms in total. The maximum absolute atomic E-state index is 5.31. The molecule has 0 aliphatic rings. The molecule has 0 saturated heterocycles. The van der Waals surface area contributed by atoms with Gasteiger partial charge in [0.25, 0.3) is 0 Å². The van der Waals surface area contributed by atoms with Gasteiger partial charge < -0.3 is 4.74 Å². The number of rotatable bonds is 15. The van der Waals surface area contributed by atoms with Crippen LogP contribution in [0.5, 0.6) is 0 Å². The maximum atomic E-state index is 5.31. The Kier molecular flexibility index (Phi) is 27.6. The van der Waals surface area contributed by atoms with Gasteiger partial charge in [0.15, 0.2) is 0 Å². The molecule has 0 N–H and O–H groups in total. The third-order valence-electron chi connectivity index (χ3n) is 3.74. The minimum absolute atomic E-state index is 0.955. The Morgan fingerprint density at radius 1 is 0.381 bits per heavy atom. The highest BCUT2D eigenvalue weighted by Crippen LogP contribution is 2.09. The van der Waals surface area contributed by atoms with E-state index < -0.39 is 0 Å². The average molecular weight is 301 g/mol. The highest BCUT2D eigenvalue weighted by molar-refractivity contribution is 4.45. The molecule has 0 aromatic rings. The monoisotopic (exact) mass is 300 g/mol. The van der Waals surface area contributed by atoms with Crippen LogP contribution < -0.4 is 0 Å². The van der Waals surface area contributed by atoms with Gasteiger partial charge in [-0.3, -0.25) is 0 Å². The first-order chi connectivity index (χ1) is 10.3. The molecule has 0 spiro atoms. The van der Waals surface area contributed by atoms with E-state index >= 15 is 0 Å². The summed E-state index contributed by atoms with van der Waals surface area (Å²) in [6, 6.07) is 0. The molecule has 0 aliphatic carbocycles. The average Bonchev–Trinajstić information content (AvgIpc) is 2.51. The van der Waals surface area contributed by atoms with E-state index in [9.17, 15) is 0 Å². The maximum Gasteiger partial charge on any atom is 0.0465 e. The van der Waals surface area contributed by atoms with E-state index in [-0.39, 0.29) is 0 Å². The summed E-state index contributed by atoms with van der Waals surface area (Å²) in [6.45, 7) is 10.8. The second-order valence-electron chi connectivity index (χ2n) is 6.15. The first kappa shape index (κ1) is 23.2. The second kappa shape index (κ2) is 24.9. The van der Waals surface area contributed by atoms with Crippen molar-refractivity contribution in [2.24, 2.45) is 0 Å². The molecule has 0 aromatic carbocycles. The third-order valence-corrected chi connectivity index (χ3v) is 3.74. The Morgan fingerprint density at radius 2 is 0.667 bits per heavy atom. The largest absolute Gasteiger partial charge is 0.381 e. The molecule has 0 fully saturated rings. The van der Waals surface area contributed by atoms with Crippen molar-refractivity contribution in [1.29, 1.82) is 0 Å². The molecule has 0 saturated carbocycles. The minimum atomic E-state index is 0.955. The molecule has 0 radical (unpaired) electrons. The van der Waals surface area contributed by atoms with E-state index in [0.717, 1.165) is 13.2 Å². The van der Waals surface area contributed by atoms with E-state index in [0.29, 0.717) is 0 Å². The van der Waals surface area contributed by atoms with Gasteiger partial charge in [-0.1, -0.05) is 105 Å². The van der Waals surface area contributed by atoms with Crippen LogP contribution in [0.15, 0.2) is 0 Å². The summed E-state index contributed by atoms with van der Waals surface area (Å²) in [6.07, 6.45) is 19.4. The summed E-state index contributed by atoms with van der Waals surface area (Å²) in [5, 5.41) is 0. The molecular weight excluding hydrogens is 256 g/mol. The lowest BCUT2D eigenvalue weighted by molar-refractivity contribution is 0.128. The Bertz CT molecular complexity index is 129. The lowest BCUT2D eigenvalue weighted by atomic mass is 10.1. The Hall–Kier alpha value is -0.0400. The van der Waals surface area contributed by atoms with Crippen molar-refractivity contribution in [2.45, 2.75) is 118 Å². The summed E-state index contributed by atoms with van der Waals surface area (Å²) in [5.74, 6) is 0. The highest BCUT2D eigenvalue weighted by Gasteiger charge is 1.90. The quantitative estimate of drug-likeness (QED) is 0.284. The fourth-order valence-electron chi connectivity index (χ4n) is 2.16. The fraction of sp³-hybridized carbons (Fsp3) is 1.00. The van der Waals surface area contributed by atoms with Crippen molar-refractivity contribution in [3.63, 3.8) is 0 Å². The Labute approximate surface area is 136 Å². The van der Waals surface area contributed by atoms with Gasteiger partial charge in [-0.05, 0) is 12.8 Å². The highest BCUT2D eigenvalue weighted by atomic mass is 16.5. The number of hydrogen-bond donors (Lipinski definition) is 0. The van der Waals surface area contributed by atoms with E-state index in [2.05, 4.69) is 27.7 Å². The molecule has 21 heavy (non-hydrogen) atoms. The predicted molar refractivity (Wildman–Crippen MR) is 98.2 cm³/mol. The summed E-state index contributed by atoms with van der Waals surface area (Å²) in [4.78, 5) is 0. The van der Waals surface area contributed by atoms with E-state index in [1.54, 1.807) is 0 Å². The molecule has 0 rings (SSSR count). The Balaban J connectivity index is 0. The van der Waals surface area contributed by atoms with Gasteiger partial charge in [0.1, 0.15) is 0 Å². The van der Waals surface area contributed by atoms with Crippen LogP contribution in [0.25, 0.3) is 0 Å². The third kappa shape index (κ3) is 28.8. The van der Waals surface area contributed by atoms with Crippen molar-refractivity contribution in [3.05, 3.63) is 0 Å². The standard InChI is InChI=1S/C12H26.C8H18O/c1-3-5-7-9-11-12-10-8-6-4-2;1-3-5-7-9-8-6-4-2/h3-12H2,1-2H3;3-8H2,1-2H3. The van der Waals surface area contributed by atoms with Gasteiger partial charge in [0.2, 0.25) is 0 Å². The topological polar surface area (TPSA) is 9.23 Å². The van der Waals surface area contributed by atoms with E-state index in [4.69, 9.17) is 4.74 Å². The Morgan fingerprint density at radius 3 is 0.952 bits per heavy atom. The number of hydrogen-bond acceptors (Lipinski definition) is 1. The van der Waals surface area contributed by atoms with Crippen LogP contribution >= 0.6 is 0 Å². The molecule has 1 heteroatoms. The molecule has 0 aromatic heterocycles. The van der Waals surface area contributed by atoms with Crippen molar-refractivity contribution in [2.75, 3.05) is 13.2 Å². The van der Waals surface area contributed by atoms with Gasteiger partial charge >= 0.3 is 0 Å². The predicted octanol–water partition coefficient (Wildman–Crippen LogP) is 7.53. The van der Waals surface area contributed by atoms with Crippen LogP contribution in [0.2, 0.25) is 0 Å². The molecule has 0 atom stereocenters. The zero-order valence-corrected chi connectivity index (χ0v) is 15.7. The van der Waals surface area contributed by atoms with Crippen LogP contribution in [0, 0.1) is 0 Å². The van der Waals surface area contributed by atoms with Gasteiger partial charge in [-0.25, -0.2) is 0 Å². The van der Waals surface area contributed by atoms with Crippen molar-refractivity contribution in [3.8, 4) is 0 Å². The molecule has 0 unspecified atom stereocenters. The minimum Gasteiger partial charge on any atom is -0.381 e. The molecule has 0 amide bonds. The van der Waals surface area contributed by atoms with Crippen molar-refractivity contribution >= 4 is 0 Å². The second-order valence-corrected chi connectivity index (χ2v) is 6.15.